The lowest BCUT2D eigenvalue weighted by Gasteiger charge is -2.17. The smallest absolute Gasteiger partial charge is 0.243 e. The van der Waals surface area contributed by atoms with Crippen molar-refractivity contribution in [3.8, 4) is 6.07 Å². The number of aryl methyl sites for hydroxylation is 1. The Hall–Kier alpha value is -1.13. The monoisotopic (exact) mass is 301 g/mol. The van der Waals surface area contributed by atoms with Crippen molar-refractivity contribution in [3.05, 3.63) is 29.3 Å². The van der Waals surface area contributed by atoms with E-state index in [1.165, 1.54) is 16.4 Å². The normalized spacial score (nSPS) is 19.7. The first-order chi connectivity index (χ1) is 8.45. The molecule has 1 aromatic rings. The van der Waals surface area contributed by atoms with Gasteiger partial charge in [0.05, 0.1) is 16.5 Å². The van der Waals surface area contributed by atoms with Gasteiger partial charge in [-0.05, 0) is 37.1 Å². The molecule has 1 atom stereocenters. The van der Waals surface area contributed by atoms with E-state index in [1.54, 1.807) is 13.0 Å². The van der Waals surface area contributed by atoms with Crippen LogP contribution in [0.1, 0.15) is 17.5 Å². The Morgan fingerprint density at radius 1 is 1.47 bits per heavy atom. The van der Waals surface area contributed by atoms with Crippen molar-refractivity contribution < 1.29 is 8.42 Å². The minimum atomic E-state index is -3.48. The van der Waals surface area contributed by atoms with Crippen LogP contribution in [0.5, 0.6) is 0 Å². The predicted octanol–water partition coefficient (Wildman–Crippen LogP) is 1.01. The third kappa shape index (κ3) is 3.07. The molecule has 0 saturated carbocycles. The Morgan fingerprint density at radius 3 is 2.63 bits per heavy atom. The third-order valence-electron chi connectivity index (χ3n) is 3.11. The van der Waals surface area contributed by atoms with E-state index >= 15 is 0 Å². The molecule has 1 aliphatic rings. The highest BCUT2D eigenvalue weighted by Crippen LogP contribution is 2.23. The molecule has 0 aliphatic carbocycles. The number of nitrogens with zero attached hydrogens (tertiary/aromatic N) is 2. The summed E-state index contributed by atoms with van der Waals surface area (Å²) >= 11 is 0. The summed E-state index contributed by atoms with van der Waals surface area (Å²) in [4.78, 5) is 0.260. The molecule has 1 heterocycles. The molecule has 1 fully saturated rings. The van der Waals surface area contributed by atoms with Gasteiger partial charge in [0.1, 0.15) is 0 Å². The maximum atomic E-state index is 12.4. The summed E-state index contributed by atoms with van der Waals surface area (Å²) in [5.41, 5.74) is 6.79. The number of sulfonamides is 1. The molecule has 2 N–H and O–H groups in total. The van der Waals surface area contributed by atoms with E-state index in [-0.39, 0.29) is 23.3 Å². The first-order valence-corrected chi connectivity index (χ1v) is 7.15. The molecule has 19 heavy (non-hydrogen) atoms. The maximum absolute atomic E-state index is 12.4. The van der Waals surface area contributed by atoms with Crippen LogP contribution in [-0.2, 0) is 10.0 Å². The number of benzene rings is 1. The molecule has 0 radical (unpaired) electrons. The first-order valence-electron chi connectivity index (χ1n) is 5.71. The Balaban J connectivity index is 0.00000180. The van der Waals surface area contributed by atoms with Crippen molar-refractivity contribution in [1.29, 1.82) is 5.26 Å². The van der Waals surface area contributed by atoms with Crippen LogP contribution < -0.4 is 5.73 Å². The largest absolute Gasteiger partial charge is 0.326 e. The fourth-order valence-electron chi connectivity index (χ4n) is 2.12. The number of hydrogen-bond donors (Lipinski definition) is 1. The lowest BCUT2D eigenvalue weighted by atomic mass is 10.2. The zero-order valence-corrected chi connectivity index (χ0v) is 12.2. The Bertz CT molecular complexity index is 610. The van der Waals surface area contributed by atoms with E-state index in [4.69, 9.17) is 11.0 Å². The fourth-order valence-corrected chi connectivity index (χ4v) is 3.84. The van der Waals surface area contributed by atoms with E-state index < -0.39 is 10.0 Å². The van der Waals surface area contributed by atoms with Crippen LogP contribution >= 0.6 is 12.4 Å². The van der Waals surface area contributed by atoms with Gasteiger partial charge in [0, 0.05) is 19.1 Å². The van der Waals surface area contributed by atoms with Gasteiger partial charge in [-0.1, -0.05) is 0 Å². The molecule has 0 spiro atoms. The van der Waals surface area contributed by atoms with Gasteiger partial charge in [-0.25, -0.2) is 8.42 Å². The highest BCUT2D eigenvalue weighted by atomic mass is 35.5. The van der Waals surface area contributed by atoms with Gasteiger partial charge in [0.25, 0.3) is 0 Å². The molecule has 0 bridgehead atoms. The van der Waals surface area contributed by atoms with Crippen molar-refractivity contribution >= 4 is 22.4 Å². The molecule has 2 rings (SSSR count). The van der Waals surface area contributed by atoms with Gasteiger partial charge >= 0.3 is 0 Å². The average molecular weight is 302 g/mol. The summed E-state index contributed by atoms with van der Waals surface area (Å²) in [6.45, 7) is 2.52. The molecule has 5 nitrogen and oxygen atoms in total. The first kappa shape index (κ1) is 15.9. The van der Waals surface area contributed by atoms with Crippen LogP contribution in [0.2, 0.25) is 0 Å². The van der Waals surface area contributed by atoms with Crippen molar-refractivity contribution in [3.63, 3.8) is 0 Å². The lowest BCUT2D eigenvalue weighted by Crippen LogP contribution is -2.32. The van der Waals surface area contributed by atoms with Crippen LogP contribution in [-0.4, -0.2) is 31.9 Å². The van der Waals surface area contributed by atoms with Crippen molar-refractivity contribution in [2.24, 2.45) is 5.73 Å². The second-order valence-electron chi connectivity index (χ2n) is 4.50. The van der Waals surface area contributed by atoms with Crippen LogP contribution in [0.15, 0.2) is 23.1 Å². The number of hydrogen-bond acceptors (Lipinski definition) is 4. The van der Waals surface area contributed by atoms with Gasteiger partial charge in [-0.15, -0.1) is 12.4 Å². The average Bonchev–Trinajstić information content (AvgIpc) is 2.76. The highest BCUT2D eigenvalue weighted by Gasteiger charge is 2.31. The number of nitrogens with two attached hydrogens (primary N) is 1. The Labute approximate surface area is 119 Å². The number of halogens is 1. The second kappa shape index (κ2) is 5.88. The fraction of sp³-hybridized carbons (Fsp3) is 0.417. The third-order valence-corrected chi connectivity index (χ3v) is 5.13. The van der Waals surface area contributed by atoms with Gasteiger partial charge < -0.3 is 5.73 Å². The van der Waals surface area contributed by atoms with Crippen LogP contribution in [0.4, 0.5) is 0 Å². The van der Waals surface area contributed by atoms with E-state index in [1.807, 2.05) is 6.07 Å². The SMILES string of the molecule is Cc1cc(C#N)ccc1S(=O)(=O)N1CCC(N)C1.Cl. The van der Waals surface area contributed by atoms with E-state index in [2.05, 4.69) is 0 Å². The Morgan fingerprint density at radius 2 is 2.16 bits per heavy atom. The summed E-state index contributed by atoms with van der Waals surface area (Å²) in [6, 6.07) is 6.51. The molecule has 7 heteroatoms. The van der Waals surface area contributed by atoms with Gasteiger partial charge in [-0.3, -0.25) is 0 Å². The lowest BCUT2D eigenvalue weighted by molar-refractivity contribution is 0.472. The summed E-state index contributed by atoms with van der Waals surface area (Å²) in [7, 11) is -3.48. The van der Waals surface area contributed by atoms with Crippen molar-refractivity contribution in [2.75, 3.05) is 13.1 Å². The van der Waals surface area contributed by atoms with Crippen molar-refractivity contribution in [1.82, 2.24) is 4.31 Å². The predicted molar refractivity (Wildman–Crippen MR) is 74.5 cm³/mol. The van der Waals surface area contributed by atoms with Crippen LogP contribution in [0.3, 0.4) is 0 Å². The summed E-state index contributed by atoms with van der Waals surface area (Å²) in [5, 5.41) is 8.78. The standard InChI is InChI=1S/C12H15N3O2S.ClH/c1-9-6-10(7-13)2-3-12(9)18(16,17)15-5-4-11(14)8-15;/h2-3,6,11H,4-5,8,14H2,1H3;1H. The summed E-state index contributed by atoms with van der Waals surface area (Å²) in [5.74, 6) is 0. The number of rotatable bonds is 2. The van der Waals surface area contributed by atoms with E-state index in [9.17, 15) is 8.42 Å². The van der Waals surface area contributed by atoms with Gasteiger partial charge in [0.2, 0.25) is 10.0 Å². The molecule has 0 amide bonds. The molecular weight excluding hydrogens is 286 g/mol. The summed E-state index contributed by atoms with van der Waals surface area (Å²) in [6.07, 6.45) is 0.689. The van der Waals surface area contributed by atoms with Crippen molar-refractivity contribution in [2.45, 2.75) is 24.3 Å². The molecule has 1 unspecified atom stereocenters. The molecule has 0 aromatic heterocycles. The molecule has 1 aromatic carbocycles. The van der Waals surface area contributed by atoms with Gasteiger partial charge in [0.15, 0.2) is 0 Å². The van der Waals surface area contributed by atoms with E-state index in [0.717, 1.165) is 0 Å². The number of nitriles is 1. The second-order valence-corrected chi connectivity index (χ2v) is 6.41. The minimum Gasteiger partial charge on any atom is -0.326 e. The molecule has 1 saturated heterocycles. The summed E-state index contributed by atoms with van der Waals surface area (Å²) < 4.78 is 26.2. The zero-order valence-electron chi connectivity index (χ0n) is 10.5. The zero-order chi connectivity index (χ0) is 13.3. The minimum absolute atomic E-state index is 0. The highest BCUT2D eigenvalue weighted by molar-refractivity contribution is 7.89. The van der Waals surface area contributed by atoms with Gasteiger partial charge in [-0.2, -0.15) is 9.57 Å². The molecule has 1 aliphatic heterocycles. The topological polar surface area (TPSA) is 87.2 Å². The van der Waals surface area contributed by atoms with E-state index in [0.29, 0.717) is 30.6 Å². The van der Waals surface area contributed by atoms with Crippen LogP contribution in [0, 0.1) is 18.3 Å². The Kier molecular flexibility index (Phi) is 4.93. The molecular formula is C12H16ClN3O2S. The maximum Gasteiger partial charge on any atom is 0.243 e. The molecule has 104 valence electrons. The van der Waals surface area contributed by atoms with Crippen LogP contribution in [0.25, 0.3) is 0 Å². The quantitative estimate of drug-likeness (QED) is 0.883.